The Morgan fingerprint density at radius 2 is 2.80 bits per heavy atom. The third-order valence-electron chi connectivity index (χ3n) is 0.441. The fraction of sp³-hybridized carbons (Fsp3) is 0.500. The van der Waals surface area contributed by atoms with E-state index in [0.29, 0.717) is 9.31 Å². The molecule has 0 aromatic heterocycles. The Balaban J connectivity index is 2.61. The Bertz CT molecular complexity index is 65.7. The fourth-order valence-corrected chi connectivity index (χ4v) is 0.707. The molecule has 0 fully saturated rings. The predicted molar refractivity (Wildman–Crippen MR) is 22.9 cm³/mol. The average molecular weight is 84.2 g/mol. The molecule has 1 aliphatic rings. The largest absolute Gasteiger partial charge is 0.217 e. The average Bonchev–Trinajstić information content (AvgIpc) is 1.76. The highest BCUT2D eigenvalue weighted by Gasteiger charge is 1.76. The van der Waals surface area contributed by atoms with Crippen molar-refractivity contribution in [2.24, 2.45) is 9.84 Å². The summed E-state index contributed by atoms with van der Waals surface area (Å²) in [4.78, 5) is 0. The summed E-state index contributed by atoms with van der Waals surface area (Å²) in [6, 6.07) is 1.12. The minimum atomic E-state index is 0.329. The molecular weight excluding hydrogens is 80.1 g/mol. The van der Waals surface area contributed by atoms with E-state index in [9.17, 15) is 0 Å². The Labute approximate surface area is 32.5 Å². The third kappa shape index (κ3) is 0.478. The number of rotatable bonds is 0. The molecule has 2 nitrogen and oxygen atoms in total. The molecule has 0 saturated carbocycles. The van der Waals surface area contributed by atoms with E-state index >= 15 is 0 Å². The Morgan fingerprint density at radius 3 is 3.00 bits per heavy atom. The summed E-state index contributed by atoms with van der Waals surface area (Å²) >= 11 is 0. The summed E-state index contributed by atoms with van der Waals surface area (Å²) in [5, 5.41) is 3.62. The molecule has 0 aromatic carbocycles. The van der Waals surface area contributed by atoms with Crippen LogP contribution in [0.25, 0.3) is 0 Å². The summed E-state index contributed by atoms with van der Waals surface area (Å²) < 4.78 is 3.74. The van der Waals surface area contributed by atoms with Crippen molar-refractivity contribution in [3.05, 3.63) is 0 Å². The Morgan fingerprint density at radius 1 is 1.80 bits per heavy atom. The molecule has 3 heteroatoms. The lowest BCUT2D eigenvalue weighted by atomic mass is 10.9. The first-order valence-corrected chi connectivity index (χ1v) is 2.87. The molecule has 1 aliphatic heterocycles. The molecule has 5 heavy (non-hydrogen) atoms. The van der Waals surface area contributed by atoms with Crippen molar-refractivity contribution in [3.8, 4) is 0 Å². The van der Waals surface area contributed by atoms with Crippen LogP contribution in [-0.2, 0) is 0 Å². The summed E-state index contributed by atoms with van der Waals surface area (Å²) in [7, 11) is 0.329. The van der Waals surface area contributed by atoms with Gasteiger partial charge in [-0.1, -0.05) is 0 Å². The van der Waals surface area contributed by atoms with Crippen LogP contribution in [0.1, 0.15) is 0 Å². The first kappa shape index (κ1) is 2.90. The van der Waals surface area contributed by atoms with Gasteiger partial charge in [0.2, 0.25) is 0 Å². The van der Waals surface area contributed by atoms with Gasteiger partial charge in [0.25, 0.3) is 0 Å². The molecule has 0 N–H and O–H groups in total. The van der Waals surface area contributed by atoms with Crippen molar-refractivity contribution >= 4 is 15.5 Å². The van der Waals surface area contributed by atoms with Gasteiger partial charge in [0.15, 0.2) is 0 Å². The van der Waals surface area contributed by atoms with E-state index in [4.69, 9.17) is 0 Å². The van der Waals surface area contributed by atoms with Crippen LogP contribution in [0.5, 0.6) is 0 Å². The molecule has 1 rings (SSSR count). The van der Waals surface area contributed by atoms with E-state index in [1.54, 1.807) is 0 Å². The molecule has 26 valence electrons. The predicted octanol–water partition coefficient (Wildman–Crippen LogP) is 0.0242. The van der Waals surface area contributed by atoms with Crippen LogP contribution in [0.3, 0.4) is 0 Å². The number of hydrogen-bond donors (Lipinski definition) is 0. The van der Waals surface area contributed by atoms with E-state index in [-0.39, 0.29) is 0 Å². The maximum atomic E-state index is 3.74. The number of nitrogens with zero attached hydrogens (tertiary/aromatic N) is 2. The molecule has 0 radical (unpaired) electrons. The maximum absolute atomic E-state index is 3.74. The van der Waals surface area contributed by atoms with E-state index in [1.807, 2.05) is 6.21 Å². The molecule has 0 aliphatic carbocycles. The molecule has 0 bridgehead atoms. The zero-order valence-electron chi connectivity index (χ0n) is 2.76. The quantitative estimate of drug-likeness (QED) is 0.370. The van der Waals surface area contributed by atoms with Gasteiger partial charge in [-0.3, -0.25) is 0 Å². The second kappa shape index (κ2) is 1.21. The van der Waals surface area contributed by atoms with Gasteiger partial charge < -0.3 is 0 Å². The zero-order chi connectivity index (χ0) is 3.54. The van der Waals surface area contributed by atoms with Crippen molar-refractivity contribution in [1.82, 2.24) is 0 Å². The summed E-state index contributed by atoms with van der Waals surface area (Å²) in [5.74, 6) is 0. The molecule has 0 amide bonds. The summed E-state index contributed by atoms with van der Waals surface area (Å²) in [6.45, 7) is 0. The van der Waals surface area contributed by atoms with Crippen molar-refractivity contribution in [3.63, 3.8) is 0 Å². The highest BCUT2D eigenvalue weighted by Crippen LogP contribution is 1.78. The van der Waals surface area contributed by atoms with Gasteiger partial charge in [0.05, 0.1) is 0 Å². The van der Waals surface area contributed by atoms with Crippen molar-refractivity contribution in [1.29, 1.82) is 0 Å². The van der Waals surface area contributed by atoms with Gasteiger partial charge in [0, 0.05) is 12.3 Å². The molecule has 0 saturated heterocycles. The van der Waals surface area contributed by atoms with Crippen molar-refractivity contribution < 1.29 is 0 Å². The van der Waals surface area contributed by atoms with Gasteiger partial charge in [-0.15, -0.1) is 0 Å². The second-order valence-electron chi connectivity index (χ2n) is 0.832. The van der Waals surface area contributed by atoms with Gasteiger partial charge in [0.1, 0.15) is 9.31 Å². The normalized spacial score (nSPS) is 17.6. The SMILES string of the molecule is C1=NN=[SiH]C1. The monoisotopic (exact) mass is 84.0 g/mol. The third-order valence-corrected chi connectivity index (χ3v) is 1.16. The maximum Gasteiger partial charge on any atom is 0.147 e. The zero-order valence-corrected chi connectivity index (χ0v) is 3.91. The lowest BCUT2D eigenvalue weighted by molar-refractivity contribution is 1.30. The molecule has 0 unspecified atom stereocenters. The molecular formula is C2H4N2Si. The highest BCUT2D eigenvalue weighted by atomic mass is 28.2. The van der Waals surface area contributed by atoms with Crippen molar-refractivity contribution in [2.75, 3.05) is 0 Å². The smallest absolute Gasteiger partial charge is 0.147 e. The van der Waals surface area contributed by atoms with E-state index < -0.39 is 0 Å². The molecule has 0 aromatic rings. The second-order valence-corrected chi connectivity index (χ2v) is 1.90. The van der Waals surface area contributed by atoms with Gasteiger partial charge in [-0.2, -0.15) is 5.10 Å². The lowest BCUT2D eigenvalue weighted by Gasteiger charge is -1.51. The molecule has 0 spiro atoms. The highest BCUT2D eigenvalue weighted by molar-refractivity contribution is 6.29. The topological polar surface area (TPSA) is 24.7 Å². The summed E-state index contributed by atoms with van der Waals surface area (Å²) in [5.41, 5.74) is 0. The minimum Gasteiger partial charge on any atom is -0.217 e. The molecule has 1 heterocycles. The standard InChI is InChI=1S/C2H4N2Si/c1-2-5-4-3-1/h1,5H,2H2. The number of hydrogen-bond acceptors (Lipinski definition) is 2. The lowest BCUT2D eigenvalue weighted by Crippen LogP contribution is -1.61. The Kier molecular flexibility index (Phi) is 0.703. The molecule has 0 atom stereocenters. The van der Waals surface area contributed by atoms with Crippen LogP contribution in [-0.4, -0.2) is 15.5 Å². The van der Waals surface area contributed by atoms with E-state index in [2.05, 4.69) is 9.84 Å². The van der Waals surface area contributed by atoms with Crippen LogP contribution in [0.15, 0.2) is 9.84 Å². The van der Waals surface area contributed by atoms with Gasteiger partial charge >= 0.3 is 0 Å². The van der Waals surface area contributed by atoms with Crippen LogP contribution >= 0.6 is 0 Å². The van der Waals surface area contributed by atoms with Gasteiger partial charge in [-0.25, -0.2) is 4.74 Å². The summed E-state index contributed by atoms with van der Waals surface area (Å²) in [6.07, 6.45) is 1.86. The van der Waals surface area contributed by atoms with Crippen molar-refractivity contribution in [2.45, 2.75) is 6.04 Å². The van der Waals surface area contributed by atoms with Crippen LogP contribution in [0.4, 0.5) is 0 Å². The first-order chi connectivity index (χ1) is 2.50. The van der Waals surface area contributed by atoms with E-state index in [1.165, 1.54) is 0 Å². The van der Waals surface area contributed by atoms with Crippen LogP contribution in [0, 0.1) is 0 Å². The minimum absolute atomic E-state index is 0.329. The van der Waals surface area contributed by atoms with Gasteiger partial charge in [-0.05, 0) is 0 Å². The van der Waals surface area contributed by atoms with E-state index in [0.717, 1.165) is 6.04 Å². The Hall–Kier alpha value is -0.313. The van der Waals surface area contributed by atoms with Crippen LogP contribution < -0.4 is 0 Å². The fourth-order valence-electron chi connectivity index (χ4n) is 0.236. The van der Waals surface area contributed by atoms with Crippen LogP contribution in [0.2, 0.25) is 6.04 Å². The first-order valence-electron chi connectivity index (χ1n) is 1.53.